The zero-order valence-corrected chi connectivity index (χ0v) is 19.4. The van der Waals surface area contributed by atoms with Gasteiger partial charge in [-0.15, -0.1) is 11.3 Å². The number of thiophene rings is 1. The van der Waals surface area contributed by atoms with Gasteiger partial charge in [-0.3, -0.25) is 0 Å². The number of carbonyl (C=O) groups is 1. The topological polar surface area (TPSA) is 97.0 Å². The minimum Gasteiger partial charge on any atom is -0.493 e. The van der Waals surface area contributed by atoms with Gasteiger partial charge in [-0.25, -0.2) is 13.2 Å². The summed E-state index contributed by atoms with van der Waals surface area (Å²) in [4.78, 5) is 12.2. The molecule has 0 bridgehead atoms. The van der Waals surface area contributed by atoms with Crippen molar-refractivity contribution in [3.63, 3.8) is 0 Å². The summed E-state index contributed by atoms with van der Waals surface area (Å²) in [6.07, 6.45) is 3.24. The second-order valence-corrected chi connectivity index (χ2v) is 10.4. The number of nitrogens with zero attached hydrogens (tertiary/aromatic N) is 1. The number of ether oxygens (including phenoxy) is 2. The second kappa shape index (κ2) is 10.8. The number of benzene rings is 1. The highest BCUT2D eigenvalue weighted by Crippen LogP contribution is 2.29. The van der Waals surface area contributed by atoms with Crippen molar-refractivity contribution in [2.24, 2.45) is 0 Å². The lowest BCUT2D eigenvalue weighted by atomic mass is 10.0. The van der Waals surface area contributed by atoms with Gasteiger partial charge in [0, 0.05) is 25.7 Å². The van der Waals surface area contributed by atoms with E-state index in [1.807, 2.05) is 12.1 Å². The van der Waals surface area contributed by atoms with Crippen molar-refractivity contribution in [1.82, 2.24) is 14.9 Å². The Morgan fingerprint density at radius 2 is 1.97 bits per heavy atom. The lowest BCUT2D eigenvalue weighted by molar-refractivity contribution is 0.229. The van der Waals surface area contributed by atoms with E-state index in [4.69, 9.17) is 9.47 Å². The summed E-state index contributed by atoms with van der Waals surface area (Å²) in [6.45, 7) is 1.27. The van der Waals surface area contributed by atoms with Crippen LogP contribution in [0.2, 0.25) is 0 Å². The van der Waals surface area contributed by atoms with Gasteiger partial charge < -0.3 is 20.1 Å². The molecule has 8 nitrogen and oxygen atoms in total. The molecule has 1 atom stereocenters. The van der Waals surface area contributed by atoms with Crippen molar-refractivity contribution in [2.45, 2.75) is 42.5 Å². The van der Waals surface area contributed by atoms with Gasteiger partial charge in [0.15, 0.2) is 11.5 Å². The van der Waals surface area contributed by atoms with Crippen molar-refractivity contribution >= 4 is 27.4 Å². The van der Waals surface area contributed by atoms with Gasteiger partial charge in [0.25, 0.3) is 10.0 Å². The van der Waals surface area contributed by atoms with Crippen LogP contribution in [0.1, 0.15) is 31.2 Å². The van der Waals surface area contributed by atoms with Crippen LogP contribution in [-0.2, 0) is 16.6 Å². The van der Waals surface area contributed by atoms with Gasteiger partial charge in [0.1, 0.15) is 4.21 Å². The summed E-state index contributed by atoms with van der Waals surface area (Å²) in [5.74, 6) is 1.23. The molecular formula is C21H29N3O5S2. The first-order valence-corrected chi connectivity index (χ1v) is 12.6. The Kier molecular flexibility index (Phi) is 8.16. The van der Waals surface area contributed by atoms with Gasteiger partial charge in [0.2, 0.25) is 0 Å². The lowest BCUT2D eigenvalue weighted by Crippen LogP contribution is -2.45. The normalized spacial score (nSPS) is 17.2. The van der Waals surface area contributed by atoms with Gasteiger partial charge in [-0.05, 0) is 48.4 Å². The maximum absolute atomic E-state index is 12.9. The molecule has 1 aromatic carbocycles. The summed E-state index contributed by atoms with van der Waals surface area (Å²) in [7, 11) is -0.340. The van der Waals surface area contributed by atoms with E-state index in [0.29, 0.717) is 41.8 Å². The molecule has 31 heavy (non-hydrogen) atoms. The molecule has 1 aliphatic heterocycles. The van der Waals surface area contributed by atoms with Crippen LogP contribution in [-0.4, -0.2) is 52.1 Å². The zero-order valence-electron chi connectivity index (χ0n) is 17.8. The first-order chi connectivity index (χ1) is 15.0. The van der Waals surface area contributed by atoms with Gasteiger partial charge in [0.05, 0.1) is 14.2 Å². The van der Waals surface area contributed by atoms with Crippen molar-refractivity contribution < 1.29 is 22.7 Å². The molecule has 2 heterocycles. The minimum absolute atomic E-state index is 0.105. The van der Waals surface area contributed by atoms with E-state index in [2.05, 4.69) is 10.6 Å². The monoisotopic (exact) mass is 467 g/mol. The summed E-state index contributed by atoms with van der Waals surface area (Å²) in [6, 6.07) is 8.46. The number of amides is 2. The number of sulfonamides is 1. The number of hydrogen-bond acceptors (Lipinski definition) is 6. The largest absolute Gasteiger partial charge is 0.493 e. The molecular weight excluding hydrogens is 438 g/mol. The number of methoxy groups -OCH3 is 2. The van der Waals surface area contributed by atoms with E-state index in [9.17, 15) is 13.2 Å². The molecule has 1 fully saturated rings. The molecule has 0 spiro atoms. The van der Waals surface area contributed by atoms with Crippen LogP contribution in [0, 0.1) is 0 Å². The molecule has 1 aromatic heterocycles. The predicted molar refractivity (Wildman–Crippen MR) is 120 cm³/mol. The number of nitrogens with one attached hydrogen (secondary N) is 2. The minimum atomic E-state index is -3.48. The van der Waals surface area contributed by atoms with Gasteiger partial charge in [-0.1, -0.05) is 18.6 Å². The van der Waals surface area contributed by atoms with Crippen molar-refractivity contribution in [2.75, 3.05) is 27.3 Å². The van der Waals surface area contributed by atoms with Crippen LogP contribution in [0.5, 0.6) is 11.5 Å². The van der Waals surface area contributed by atoms with Gasteiger partial charge in [-0.2, -0.15) is 4.31 Å². The van der Waals surface area contributed by atoms with Crippen molar-refractivity contribution in [3.8, 4) is 11.5 Å². The highest BCUT2D eigenvalue weighted by Gasteiger charge is 2.33. The van der Waals surface area contributed by atoms with Crippen molar-refractivity contribution in [1.29, 1.82) is 0 Å². The van der Waals surface area contributed by atoms with Crippen LogP contribution in [0.15, 0.2) is 39.9 Å². The fourth-order valence-electron chi connectivity index (χ4n) is 3.69. The molecule has 2 amide bonds. The highest BCUT2D eigenvalue weighted by atomic mass is 32.2. The Morgan fingerprint density at radius 3 is 2.68 bits per heavy atom. The van der Waals surface area contributed by atoms with E-state index in [-0.39, 0.29) is 12.1 Å². The van der Waals surface area contributed by atoms with E-state index in [0.717, 1.165) is 24.8 Å². The summed E-state index contributed by atoms with van der Waals surface area (Å²) in [5, 5.41) is 7.42. The molecule has 10 heteroatoms. The molecule has 2 N–H and O–H groups in total. The zero-order chi connectivity index (χ0) is 22.3. The summed E-state index contributed by atoms with van der Waals surface area (Å²) in [5.41, 5.74) is 0.883. The van der Waals surface area contributed by atoms with E-state index < -0.39 is 10.0 Å². The molecule has 1 unspecified atom stereocenters. The maximum atomic E-state index is 12.9. The van der Waals surface area contributed by atoms with Crippen molar-refractivity contribution in [3.05, 3.63) is 41.3 Å². The number of urea groups is 1. The maximum Gasteiger partial charge on any atom is 0.315 e. The Labute approximate surface area is 187 Å². The lowest BCUT2D eigenvalue weighted by Gasteiger charge is -2.34. The quantitative estimate of drug-likeness (QED) is 0.590. The average molecular weight is 468 g/mol. The predicted octanol–water partition coefficient (Wildman–Crippen LogP) is 3.20. The fourth-order valence-corrected chi connectivity index (χ4v) is 6.54. The highest BCUT2D eigenvalue weighted by molar-refractivity contribution is 7.91. The Morgan fingerprint density at radius 1 is 1.16 bits per heavy atom. The van der Waals surface area contributed by atoms with Gasteiger partial charge >= 0.3 is 6.03 Å². The Bertz CT molecular complexity index is 963. The number of piperidine rings is 1. The average Bonchev–Trinajstić information content (AvgIpc) is 3.33. The molecule has 0 aliphatic carbocycles. The molecule has 1 saturated heterocycles. The SMILES string of the molecule is COc1ccc(CNC(=O)NCCC2CCCCN2S(=O)(=O)c2cccs2)cc1OC. The van der Waals surface area contributed by atoms with E-state index in [1.165, 1.54) is 11.3 Å². The van der Waals surface area contributed by atoms with Crippen LogP contribution in [0.4, 0.5) is 4.79 Å². The molecule has 1 aliphatic rings. The second-order valence-electron chi connectivity index (χ2n) is 7.28. The van der Waals surface area contributed by atoms with E-state index in [1.54, 1.807) is 42.1 Å². The van der Waals surface area contributed by atoms with Crippen LogP contribution >= 0.6 is 11.3 Å². The molecule has 3 rings (SSSR count). The third-order valence-electron chi connectivity index (χ3n) is 5.30. The number of carbonyl (C=O) groups excluding carboxylic acids is 1. The number of hydrogen-bond donors (Lipinski definition) is 2. The smallest absolute Gasteiger partial charge is 0.315 e. The summed E-state index contributed by atoms with van der Waals surface area (Å²) < 4.78 is 38.3. The summed E-state index contributed by atoms with van der Waals surface area (Å²) >= 11 is 1.24. The Hall–Kier alpha value is -2.30. The third-order valence-corrected chi connectivity index (χ3v) is 8.62. The van der Waals surface area contributed by atoms with Crippen LogP contribution in [0.25, 0.3) is 0 Å². The van der Waals surface area contributed by atoms with Crippen LogP contribution < -0.4 is 20.1 Å². The molecule has 0 radical (unpaired) electrons. The first-order valence-electron chi connectivity index (χ1n) is 10.2. The molecule has 2 aromatic rings. The third kappa shape index (κ3) is 5.90. The Balaban J connectivity index is 1.49. The molecule has 170 valence electrons. The van der Waals surface area contributed by atoms with Crippen LogP contribution in [0.3, 0.4) is 0 Å². The standard InChI is InChI=1S/C21H29N3O5S2/c1-28-18-9-8-16(14-19(18)29-2)15-23-21(25)22-11-10-17-6-3-4-12-24(17)31(26,27)20-7-5-13-30-20/h5,7-9,13-14,17H,3-4,6,10-12,15H2,1-2H3,(H2,22,23,25). The fraction of sp³-hybridized carbons (Fsp3) is 0.476. The molecule has 0 saturated carbocycles. The first kappa shape index (κ1) is 23.4. The van der Waals surface area contributed by atoms with E-state index >= 15 is 0 Å². The number of rotatable bonds is 9.